The fourth-order valence-electron chi connectivity index (χ4n) is 2.72. The van der Waals surface area contributed by atoms with Crippen molar-refractivity contribution in [1.29, 1.82) is 0 Å². The maximum Gasteiger partial charge on any atom is 0.228 e. The normalized spacial score (nSPS) is 10.8. The summed E-state index contributed by atoms with van der Waals surface area (Å²) in [4.78, 5) is 0. The Morgan fingerprint density at radius 1 is 0.969 bits per heavy atom. The van der Waals surface area contributed by atoms with Crippen LogP contribution < -0.4 is 25.3 Å². The van der Waals surface area contributed by atoms with Crippen molar-refractivity contribution in [2.45, 2.75) is 13.5 Å². The van der Waals surface area contributed by atoms with E-state index in [2.05, 4.69) is 15.8 Å². The van der Waals surface area contributed by atoms with Gasteiger partial charge in [0.1, 0.15) is 6.61 Å². The van der Waals surface area contributed by atoms with Gasteiger partial charge in [0.15, 0.2) is 17.7 Å². The van der Waals surface area contributed by atoms with Crippen LogP contribution in [0.1, 0.15) is 18.1 Å². The third-order valence-electron chi connectivity index (χ3n) is 4.23. The van der Waals surface area contributed by atoms with E-state index in [0.29, 0.717) is 43.8 Å². The number of halogens is 3. The van der Waals surface area contributed by atoms with Crippen molar-refractivity contribution >= 4 is 64.0 Å². The Morgan fingerprint density at radius 2 is 1.72 bits per heavy atom. The summed E-state index contributed by atoms with van der Waals surface area (Å²) in [5.41, 5.74) is 5.28. The fraction of sp³-hybridized carbons (Fsp3) is 0.130. The number of para-hydroxylation sites is 1. The zero-order valence-corrected chi connectivity index (χ0v) is 20.2. The number of ether oxygens (including phenoxy) is 2. The summed E-state index contributed by atoms with van der Waals surface area (Å²) >= 11 is 23.9. The number of hydrogen-bond donors (Lipinski definition) is 3. The summed E-state index contributed by atoms with van der Waals surface area (Å²) in [7, 11) is 0. The molecule has 3 N–H and O–H groups in total. The molecule has 0 radical (unpaired) electrons. The molecule has 166 valence electrons. The van der Waals surface area contributed by atoms with Gasteiger partial charge in [0.05, 0.1) is 16.7 Å². The Bertz CT molecular complexity index is 1110. The van der Waals surface area contributed by atoms with E-state index in [1.165, 1.54) is 0 Å². The topological polar surface area (TPSA) is 56.5 Å². The van der Waals surface area contributed by atoms with E-state index in [1.54, 1.807) is 18.3 Å². The maximum absolute atomic E-state index is 6.26. The average molecular weight is 510 g/mol. The van der Waals surface area contributed by atoms with Crippen LogP contribution in [-0.4, -0.2) is 17.9 Å². The Hall–Kier alpha value is -2.51. The lowest BCUT2D eigenvalue weighted by Crippen LogP contribution is -2.82. The number of thiocarbonyl (C=S) groups is 1. The second kappa shape index (κ2) is 11.9. The number of hydrazine groups is 1. The number of rotatable bonds is 8. The highest BCUT2D eigenvalue weighted by Crippen LogP contribution is 2.34. The third kappa shape index (κ3) is 6.74. The molecule has 9 heteroatoms. The van der Waals surface area contributed by atoms with E-state index in [9.17, 15) is 0 Å². The molecule has 0 unspecified atom stereocenters. The van der Waals surface area contributed by atoms with Crippen molar-refractivity contribution in [2.75, 3.05) is 11.9 Å². The number of anilines is 1. The summed E-state index contributed by atoms with van der Waals surface area (Å²) in [5.74, 6) is 1.15. The predicted molar refractivity (Wildman–Crippen MR) is 135 cm³/mol. The molecule has 3 rings (SSSR count). The van der Waals surface area contributed by atoms with Crippen molar-refractivity contribution in [2.24, 2.45) is 0 Å². The van der Waals surface area contributed by atoms with E-state index in [-0.39, 0.29) is 6.61 Å². The minimum absolute atomic E-state index is 0.153. The second-order valence-electron chi connectivity index (χ2n) is 6.48. The van der Waals surface area contributed by atoms with Crippen LogP contribution in [0.4, 0.5) is 5.69 Å². The Morgan fingerprint density at radius 3 is 2.47 bits per heavy atom. The van der Waals surface area contributed by atoms with Crippen molar-refractivity contribution < 1.29 is 14.6 Å². The Kier molecular flexibility index (Phi) is 9.00. The monoisotopic (exact) mass is 508 g/mol. The molecule has 0 fully saturated rings. The number of benzene rings is 3. The lowest BCUT2D eigenvalue weighted by atomic mass is 10.2. The largest absolute Gasteiger partial charge is 0.490 e. The molecule has 0 aliphatic heterocycles. The predicted octanol–water partition coefficient (Wildman–Crippen LogP) is 5.03. The molecule has 3 aromatic rings. The molecular weight excluding hydrogens is 489 g/mol. The van der Waals surface area contributed by atoms with Crippen molar-refractivity contribution in [3.05, 3.63) is 86.9 Å². The smallest absolute Gasteiger partial charge is 0.228 e. The van der Waals surface area contributed by atoms with Gasteiger partial charge in [-0.3, -0.25) is 0 Å². The molecule has 0 spiro atoms. The number of nitrogens with one attached hydrogen (secondary N) is 3. The van der Waals surface area contributed by atoms with Gasteiger partial charge >= 0.3 is 0 Å². The molecule has 0 saturated heterocycles. The van der Waals surface area contributed by atoms with E-state index in [1.807, 2.05) is 55.5 Å². The van der Waals surface area contributed by atoms with Gasteiger partial charge in [-0.2, -0.15) is 0 Å². The lowest BCUT2D eigenvalue weighted by molar-refractivity contribution is -0.499. The minimum atomic E-state index is 0.153. The first kappa shape index (κ1) is 24.1. The third-order valence-corrected chi connectivity index (χ3v) is 5.64. The molecule has 0 heterocycles. The lowest BCUT2D eigenvalue weighted by Gasteiger charge is -2.14. The molecule has 0 aliphatic carbocycles. The van der Waals surface area contributed by atoms with Gasteiger partial charge in [0, 0.05) is 21.8 Å². The highest BCUT2D eigenvalue weighted by Gasteiger charge is 2.13. The highest BCUT2D eigenvalue weighted by atomic mass is 35.5. The van der Waals surface area contributed by atoms with Crippen LogP contribution in [0.25, 0.3) is 0 Å². The zero-order chi connectivity index (χ0) is 22.9. The van der Waals surface area contributed by atoms with E-state index in [0.717, 1.165) is 11.3 Å². The first-order chi connectivity index (χ1) is 15.5. The van der Waals surface area contributed by atoms with Crippen LogP contribution in [0.3, 0.4) is 0 Å². The minimum Gasteiger partial charge on any atom is -0.490 e. The summed E-state index contributed by atoms with van der Waals surface area (Å²) in [6.07, 6.45) is 1.76. The number of hydrazone groups is 1. The summed E-state index contributed by atoms with van der Waals surface area (Å²) in [6.45, 7) is 2.54. The van der Waals surface area contributed by atoms with Gasteiger partial charge in [0.25, 0.3) is 0 Å². The molecule has 0 aromatic heterocycles. The first-order valence-electron chi connectivity index (χ1n) is 9.70. The van der Waals surface area contributed by atoms with Gasteiger partial charge in [-0.25, -0.2) is 0 Å². The van der Waals surface area contributed by atoms with Gasteiger partial charge in [-0.05, 0) is 61.6 Å². The van der Waals surface area contributed by atoms with E-state index in [4.69, 9.17) is 56.5 Å². The second-order valence-corrected chi connectivity index (χ2v) is 8.08. The van der Waals surface area contributed by atoms with Gasteiger partial charge in [0.2, 0.25) is 5.11 Å². The first-order valence-corrected chi connectivity index (χ1v) is 11.2. The number of hydrogen-bond acceptors (Lipinski definition) is 3. The molecule has 32 heavy (non-hydrogen) atoms. The maximum atomic E-state index is 6.26. The highest BCUT2D eigenvalue weighted by molar-refractivity contribution is 7.80. The standard InChI is InChI=1S/C23H20Cl3N3O2S/c1-2-30-21-12-15(13-27-29-23(32)28-16-6-4-3-5-7-16)8-11-20(21)31-14-17-18(24)9-10-19(25)22(17)26/h3-13H,2,14H2,1H3,(H2,28,29,32)/p+1. The van der Waals surface area contributed by atoms with Crippen molar-refractivity contribution in [3.8, 4) is 11.5 Å². The van der Waals surface area contributed by atoms with Crippen molar-refractivity contribution in [3.63, 3.8) is 0 Å². The average Bonchev–Trinajstić information content (AvgIpc) is 2.78. The van der Waals surface area contributed by atoms with Crippen LogP contribution in [0.2, 0.25) is 15.1 Å². The van der Waals surface area contributed by atoms with Crippen LogP contribution in [0, 0.1) is 0 Å². The van der Waals surface area contributed by atoms with Crippen LogP contribution in [0.15, 0.2) is 60.7 Å². The van der Waals surface area contributed by atoms with E-state index < -0.39 is 0 Å². The van der Waals surface area contributed by atoms with E-state index >= 15 is 0 Å². The molecule has 0 atom stereocenters. The van der Waals surface area contributed by atoms with Gasteiger partial charge in [-0.15, -0.1) is 10.5 Å². The molecule has 0 amide bonds. The van der Waals surface area contributed by atoms with Gasteiger partial charge < -0.3 is 14.8 Å². The summed E-state index contributed by atoms with van der Waals surface area (Å²) in [6, 6.07) is 18.5. The Labute approximate surface area is 207 Å². The molecule has 0 saturated carbocycles. The van der Waals surface area contributed by atoms with Crippen LogP contribution in [-0.2, 0) is 6.61 Å². The molecule has 0 bridgehead atoms. The SMILES string of the molecule is CCOc1cc(C=[NH+]NC(=S)Nc2ccccc2)ccc1OCc1c(Cl)ccc(Cl)c1Cl. The quantitative estimate of drug-likeness (QED) is 0.172. The van der Waals surface area contributed by atoms with Crippen LogP contribution in [0.5, 0.6) is 11.5 Å². The summed E-state index contributed by atoms with van der Waals surface area (Å²) < 4.78 is 11.7. The Balaban J connectivity index is 1.66. The molecule has 3 aromatic carbocycles. The van der Waals surface area contributed by atoms with Crippen LogP contribution >= 0.6 is 47.0 Å². The zero-order valence-electron chi connectivity index (χ0n) is 17.1. The molecular formula is C23H21Cl3N3O2S+. The van der Waals surface area contributed by atoms with Gasteiger partial charge in [-0.1, -0.05) is 53.0 Å². The van der Waals surface area contributed by atoms with Crippen molar-refractivity contribution in [1.82, 2.24) is 5.43 Å². The summed E-state index contributed by atoms with van der Waals surface area (Å²) in [5, 5.41) is 7.75. The molecule has 5 nitrogen and oxygen atoms in total. The fourth-order valence-corrected chi connectivity index (χ4v) is 3.56. The molecule has 0 aliphatic rings.